The van der Waals surface area contributed by atoms with Gasteiger partial charge in [0.1, 0.15) is 0 Å². The number of esters is 1. The number of ether oxygens (including phenoxy) is 3. The number of hydrogen-bond acceptors (Lipinski definition) is 5. The first-order valence-electron chi connectivity index (χ1n) is 12.6. The molecule has 1 saturated carbocycles. The maximum atomic E-state index is 11.8. The minimum Gasteiger partial charge on any atom is -0.462 e. The van der Waals surface area contributed by atoms with Gasteiger partial charge in [-0.1, -0.05) is 71.3 Å². The molecule has 1 heterocycles. The van der Waals surface area contributed by atoms with E-state index in [2.05, 4.69) is 13.5 Å². The summed E-state index contributed by atoms with van der Waals surface area (Å²) in [5, 5.41) is 9.00. The Morgan fingerprint density at radius 2 is 1.65 bits per heavy atom. The summed E-state index contributed by atoms with van der Waals surface area (Å²) in [6.07, 6.45) is 16.2. The second-order valence-corrected chi connectivity index (χ2v) is 9.85. The summed E-state index contributed by atoms with van der Waals surface area (Å²) in [5.41, 5.74) is 0.0794. The number of carbonyl (C=O) groups is 1. The molecule has 0 amide bonds. The molecule has 0 radical (unpaired) electrons. The van der Waals surface area contributed by atoms with E-state index in [0.29, 0.717) is 12.5 Å². The van der Waals surface area contributed by atoms with Crippen molar-refractivity contribution in [2.75, 3.05) is 33.5 Å². The van der Waals surface area contributed by atoms with Gasteiger partial charge in [-0.3, -0.25) is 0 Å². The molecule has 3 atom stereocenters. The molecule has 2 aliphatic rings. The molecule has 1 saturated heterocycles. The van der Waals surface area contributed by atoms with Crippen LogP contribution < -0.4 is 0 Å². The molecule has 180 valence electrons. The van der Waals surface area contributed by atoms with Gasteiger partial charge >= 0.3 is 5.97 Å². The molecule has 2 rings (SSSR count). The predicted octanol–water partition coefficient (Wildman–Crippen LogP) is 5.30. The Kier molecular flexibility index (Phi) is 12.8. The third-order valence-electron chi connectivity index (χ3n) is 7.39. The lowest BCUT2D eigenvalue weighted by Crippen LogP contribution is -2.37. The van der Waals surface area contributed by atoms with Crippen LogP contribution in [0.2, 0.25) is 0 Å². The SMILES string of the molecule is C=C(CO)C(=O)OCC(COC)C1CCC(CCC2CCC(CCCCC)CC2)CO1. The predicted molar refractivity (Wildman–Crippen MR) is 124 cm³/mol. The van der Waals surface area contributed by atoms with Crippen molar-refractivity contribution in [1.82, 2.24) is 0 Å². The van der Waals surface area contributed by atoms with Crippen molar-refractivity contribution in [3.63, 3.8) is 0 Å². The fourth-order valence-corrected chi connectivity index (χ4v) is 5.22. The Morgan fingerprint density at radius 1 is 1.00 bits per heavy atom. The van der Waals surface area contributed by atoms with Crippen molar-refractivity contribution in [2.24, 2.45) is 23.7 Å². The minimum atomic E-state index is -0.544. The number of carbonyl (C=O) groups excluding carboxylic acids is 1. The number of rotatable bonds is 14. The molecule has 1 aliphatic heterocycles. The van der Waals surface area contributed by atoms with Gasteiger partial charge in [0.2, 0.25) is 0 Å². The topological polar surface area (TPSA) is 65.0 Å². The zero-order valence-electron chi connectivity index (χ0n) is 20.0. The lowest BCUT2D eigenvalue weighted by Gasteiger charge is -2.35. The third kappa shape index (κ3) is 9.63. The summed E-state index contributed by atoms with van der Waals surface area (Å²) >= 11 is 0. The van der Waals surface area contributed by atoms with Crippen LogP contribution >= 0.6 is 0 Å². The van der Waals surface area contributed by atoms with Gasteiger partial charge in [0, 0.05) is 19.6 Å². The molecular formula is C26H46O5. The first-order valence-corrected chi connectivity index (χ1v) is 12.6. The first-order chi connectivity index (χ1) is 15.1. The number of hydrogen-bond donors (Lipinski definition) is 1. The number of methoxy groups -OCH3 is 1. The first kappa shape index (κ1) is 26.3. The summed E-state index contributed by atoms with van der Waals surface area (Å²) in [6, 6.07) is 0. The third-order valence-corrected chi connectivity index (χ3v) is 7.39. The second-order valence-electron chi connectivity index (χ2n) is 9.85. The van der Waals surface area contributed by atoms with E-state index >= 15 is 0 Å². The fraction of sp³-hybridized carbons (Fsp3) is 0.885. The standard InChI is InChI=1S/C26H46O5/c1-4-5-6-7-21-8-10-22(11-9-21)12-13-23-14-15-25(30-17-23)24(18-29-3)19-31-26(28)20(2)16-27/h21-25,27H,2,4-19H2,1,3H3. The summed E-state index contributed by atoms with van der Waals surface area (Å²) in [6.45, 7) is 6.96. The van der Waals surface area contributed by atoms with Crippen molar-refractivity contribution in [3.05, 3.63) is 12.2 Å². The van der Waals surface area contributed by atoms with E-state index in [-0.39, 0.29) is 30.8 Å². The van der Waals surface area contributed by atoms with Gasteiger partial charge in [-0.15, -0.1) is 0 Å². The molecule has 3 unspecified atom stereocenters. The Hall–Kier alpha value is -0.910. The highest BCUT2D eigenvalue weighted by atomic mass is 16.5. The molecule has 5 heteroatoms. The van der Waals surface area contributed by atoms with Crippen LogP contribution in [0.15, 0.2) is 12.2 Å². The molecule has 0 aromatic heterocycles. The second kappa shape index (κ2) is 15.0. The summed E-state index contributed by atoms with van der Waals surface area (Å²) in [7, 11) is 1.66. The van der Waals surface area contributed by atoms with Crippen LogP contribution in [-0.4, -0.2) is 50.7 Å². The highest BCUT2D eigenvalue weighted by Crippen LogP contribution is 2.36. The highest BCUT2D eigenvalue weighted by Gasteiger charge is 2.30. The van der Waals surface area contributed by atoms with E-state index in [1.165, 1.54) is 70.6 Å². The zero-order chi connectivity index (χ0) is 22.5. The van der Waals surface area contributed by atoms with Crippen molar-refractivity contribution in [1.29, 1.82) is 0 Å². The Balaban J connectivity index is 1.63. The van der Waals surface area contributed by atoms with Crippen molar-refractivity contribution in [2.45, 2.75) is 90.1 Å². The van der Waals surface area contributed by atoms with Crippen molar-refractivity contribution in [3.8, 4) is 0 Å². The lowest BCUT2D eigenvalue weighted by atomic mass is 9.77. The maximum absolute atomic E-state index is 11.8. The normalized spacial score (nSPS) is 27.6. The molecular weight excluding hydrogens is 392 g/mol. The van der Waals surface area contributed by atoms with Crippen LogP contribution in [0, 0.1) is 23.7 Å². The molecule has 31 heavy (non-hydrogen) atoms. The molecule has 2 fully saturated rings. The van der Waals surface area contributed by atoms with Gasteiger partial charge < -0.3 is 19.3 Å². The van der Waals surface area contributed by atoms with E-state index in [1.54, 1.807) is 7.11 Å². The quantitative estimate of drug-likeness (QED) is 0.226. The summed E-state index contributed by atoms with van der Waals surface area (Å²) in [5.74, 6) is 2.03. The molecule has 5 nitrogen and oxygen atoms in total. The molecule has 1 N–H and O–H groups in total. The van der Waals surface area contributed by atoms with E-state index in [4.69, 9.17) is 19.3 Å². The Morgan fingerprint density at radius 3 is 2.23 bits per heavy atom. The number of aliphatic hydroxyl groups is 1. The van der Waals surface area contributed by atoms with Crippen LogP contribution in [0.5, 0.6) is 0 Å². The Labute approximate surface area is 189 Å². The van der Waals surface area contributed by atoms with Gasteiger partial charge in [-0.25, -0.2) is 4.79 Å². The monoisotopic (exact) mass is 438 g/mol. The van der Waals surface area contributed by atoms with Crippen molar-refractivity contribution >= 4 is 5.97 Å². The largest absolute Gasteiger partial charge is 0.462 e. The zero-order valence-corrected chi connectivity index (χ0v) is 20.0. The van der Waals surface area contributed by atoms with E-state index in [0.717, 1.165) is 24.9 Å². The summed E-state index contributed by atoms with van der Waals surface area (Å²) in [4.78, 5) is 11.8. The molecule has 0 aromatic carbocycles. The van der Waals surface area contributed by atoms with Gasteiger partial charge in [-0.2, -0.15) is 0 Å². The van der Waals surface area contributed by atoms with Crippen LogP contribution in [0.4, 0.5) is 0 Å². The molecule has 0 aromatic rings. The maximum Gasteiger partial charge on any atom is 0.335 e. The molecule has 0 bridgehead atoms. The van der Waals surface area contributed by atoms with E-state index < -0.39 is 5.97 Å². The smallest absolute Gasteiger partial charge is 0.335 e. The average Bonchev–Trinajstić information content (AvgIpc) is 2.81. The number of unbranched alkanes of at least 4 members (excludes halogenated alkanes) is 2. The van der Waals surface area contributed by atoms with E-state index in [1.807, 2.05) is 0 Å². The van der Waals surface area contributed by atoms with Gasteiger partial charge in [-0.05, 0) is 37.0 Å². The molecule has 1 aliphatic carbocycles. The minimum absolute atomic E-state index is 0.0179. The van der Waals surface area contributed by atoms with E-state index in [9.17, 15) is 4.79 Å². The summed E-state index contributed by atoms with van der Waals surface area (Å²) < 4.78 is 16.8. The van der Waals surface area contributed by atoms with Gasteiger partial charge in [0.15, 0.2) is 0 Å². The van der Waals surface area contributed by atoms with Crippen LogP contribution in [0.1, 0.15) is 84.0 Å². The van der Waals surface area contributed by atoms with Crippen LogP contribution in [-0.2, 0) is 19.0 Å². The molecule has 0 spiro atoms. The average molecular weight is 439 g/mol. The van der Waals surface area contributed by atoms with Crippen LogP contribution in [0.3, 0.4) is 0 Å². The fourth-order valence-electron chi connectivity index (χ4n) is 5.22. The van der Waals surface area contributed by atoms with Crippen molar-refractivity contribution < 1.29 is 24.1 Å². The van der Waals surface area contributed by atoms with Gasteiger partial charge in [0.05, 0.1) is 31.5 Å². The van der Waals surface area contributed by atoms with Gasteiger partial charge in [0.25, 0.3) is 0 Å². The highest BCUT2D eigenvalue weighted by molar-refractivity contribution is 5.87. The van der Waals surface area contributed by atoms with Crippen LogP contribution in [0.25, 0.3) is 0 Å². The Bertz CT molecular complexity index is 504. The number of aliphatic hydroxyl groups excluding tert-OH is 1. The lowest BCUT2D eigenvalue weighted by molar-refractivity contribution is -0.145.